The lowest BCUT2D eigenvalue weighted by atomic mass is 10.0. The number of hydrogen-bond acceptors (Lipinski definition) is 5. The fourth-order valence-corrected chi connectivity index (χ4v) is 4.90. The van der Waals surface area contributed by atoms with E-state index >= 15 is 0 Å². The molecule has 0 amide bonds. The Morgan fingerprint density at radius 1 is 0.200 bits per heavy atom. The smallest absolute Gasteiger partial charge is 0.0701 e. The Morgan fingerprint density at radius 2 is 0.375 bits per heavy atom. The summed E-state index contributed by atoms with van der Waals surface area (Å²) < 4.78 is 28.0. The van der Waals surface area contributed by atoms with Gasteiger partial charge < -0.3 is 23.7 Å². The average molecular weight is 573 g/mol. The van der Waals surface area contributed by atoms with Crippen molar-refractivity contribution in [1.29, 1.82) is 0 Å². The van der Waals surface area contributed by atoms with Gasteiger partial charge in [0, 0.05) is 13.2 Å². The van der Waals surface area contributed by atoms with Crippen LogP contribution in [0, 0.1) is 0 Å². The van der Waals surface area contributed by atoms with Crippen molar-refractivity contribution in [1.82, 2.24) is 0 Å². The molecule has 0 aromatic heterocycles. The Morgan fingerprint density at radius 3 is 0.600 bits per heavy atom. The van der Waals surface area contributed by atoms with Gasteiger partial charge in [-0.05, 0) is 12.8 Å². The molecule has 0 aliphatic rings. The van der Waals surface area contributed by atoms with E-state index in [1.54, 1.807) is 0 Å². The first-order valence-corrected chi connectivity index (χ1v) is 17.8. The van der Waals surface area contributed by atoms with Crippen LogP contribution in [-0.4, -0.2) is 66.1 Å². The SMILES string of the molecule is CCCCCCCCCCCCCCCOCCOCCOCCOCCOCCCCCCCCCCCC. The molecule has 5 nitrogen and oxygen atoms in total. The number of ether oxygens (including phenoxy) is 5. The molecule has 0 heterocycles. The standard InChI is InChI=1S/C35H72O5/c1-3-5-7-9-11-13-15-16-17-19-21-23-25-27-37-29-31-39-33-35-40-34-32-38-30-28-36-26-24-22-20-18-14-12-10-8-6-4-2/h3-35H2,1-2H3. The van der Waals surface area contributed by atoms with Crippen LogP contribution in [0.5, 0.6) is 0 Å². The van der Waals surface area contributed by atoms with E-state index in [4.69, 9.17) is 23.7 Å². The normalized spacial score (nSPS) is 11.6. The van der Waals surface area contributed by atoms with Gasteiger partial charge in [0.15, 0.2) is 0 Å². The topological polar surface area (TPSA) is 46.2 Å². The van der Waals surface area contributed by atoms with Crippen molar-refractivity contribution in [3.8, 4) is 0 Å². The minimum Gasteiger partial charge on any atom is -0.379 e. The Hall–Kier alpha value is -0.200. The molecular formula is C35H72O5. The lowest BCUT2D eigenvalue weighted by Crippen LogP contribution is -2.13. The number of rotatable bonds is 37. The van der Waals surface area contributed by atoms with Crippen LogP contribution in [0.4, 0.5) is 0 Å². The fraction of sp³-hybridized carbons (Fsp3) is 1.00. The molecule has 0 saturated heterocycles. The number of hydrogen-bond donors (Lipinski definition) is 0. The average Bonchev–Trinajstić information content (AvgIpc) is 2.97. The van der Waals surface area contributed by atoms with E-state index in [9.17, 15) is 0 Å². The zero-order chi connectivity index (χ0) is 28.9. The van der Waals surface area contributed by atoms with E-state index in [2.05, 4.69) is 13.8 Å². The van der Waals surface area contributed by atoms with Crippen molar-refractivity contribution in [2.75, 3.05) is 66.1 Å². The molecule has 0 spiro atoms. The van der Waals surface area contributed by atoms with Crippen LogP contribution in [0.1, 0.15) is 162 Å². The van der Waals surface area contributed by atoms with Gasteiger partial charge in [0.1, 0.15) is 0 Å². The summed E-state index contributed by atoms with van der Waals surface area (Å²) in [7, 11) is 0. The molecule has 242 valence electrons. The summed E-state index contributed by atoms with van der Waals surface area (Å²) in [4.78, 5) is 0. The summed E-state index contributed by atoms with van der Waals surface area (Å²) in [5.74, 6) is 0. The highest BCUT2D eigenvalue weighted by atomic mass is 16.6. The molecule has 40 heavy (non-hydrogen) atoms. The minimum absolute atomic E-state index is 0.608. The molecule has 0 aromatic carbocycles. The predicted octanol–water partition coefficient (Wildman–Crippen LogP) is 10.1. The first kappa shape index (κ1) is 39.8. The molecule has 0 rings (SSSR count). The second-order valence-electron chi connectivity index (χ2n) is 11.5. The van der Waals surface area contributed by atoms with Gasteiger partial charge in [0.25, 0.3) is 0 Å². The maximum atomic E-state index is 5.68. The van der Waals surface area contributed by atoms with Gasteiger partial charge in [-0.25, -0.2) is 0 Å². The molecule has 0 radical (unpaired) electrons. The van der Waals surface area contributed by atoms with Gasteiger partial charge in [-0.1, -0.05) is 149 Å². The van der Waals surface area contributed by atoms with E-state index in [0.717, 1.165) is 13.2 Å². The zero-order valence-electron chi connectivity index (χ0n) is 27.4. The van der Waals surface area contributed by atoms with Crippen LogP contribution in [0.2, 0.25) is 0 Å². The van der Waals surface area contributed by atoms with Gasteiger partial charge in [0.2, 0.25) is 0 Å². The van der Waals surface area contributed by atoms with E-state index in [0.29, 0.717) is 52.9 Å². The summed E-state index contributed by atoms with van der Waals surface area (Å²) in [6.07, 6.45) is 31.6. The molecule has 0 aromatic rings. The van der Waals surface area contributed by atoms with Gasteiger partial charge in [-0.2, -0.15) is 0 Å². The lowest BCUT2D eigenvalue weighted by Gasteiger charge is -2.08. The van der Waals surface area contributed by atoms with Crippen molar-refractivity contribution in [2.24, 2.45) is 0 Å². The largest absolute Gasteiger partial charge is 0.379 e. The highest BCUT2D eigenvalue weighted by Gasteiger charge is 1.97. The van der Waals surface area contributed by atoms with Crippen LogP contribution in [-0.2, 0) is 23.7 Å². The van der Waals surface area contributed by atoms with E-state index < -0.39 is 0 Å². The molecular weight excluding hydrogens is 500 g/mol. The third-order valence-electron chi connectivity index (χ3n) is 7.52. The predicted molar refractivity (Wildman–Crippen MR) is 172 cm³/mol. The highest BCUT2D eigenvalue weighted by Crippen LogP contribution is 2.13. The third kappa shape index (κ3) is 37.8. The van der Waals surface area contributed by atoms with Crippen LogP contribution in [0.3, 0.4) is 0 Å². The third-order valence-corrected chi connectivity index (χ3v) is 7.52. The van der Waals surface area contributed by atoms with Crippen molar-refractivity contribution in [3.63, 3.8) is 0 Å². The Labute approximate surface area is 251 Å². The van der Waals surface area contributed by atoms with Crippen LogP contribution in [0.15, 0.2) is 0 Å². The molecule has 0 unspecified atom stereocenters. The van der Waals surface area contributed by atoms with E-state index in [1.165, 1.54) is 148 Å². The quantitative estimate of drug-likeness (QED) is 0.0693. The lowest BCUT2D eigenvalue weighted by molar-refractivity contribution is -0.0114. The second-order valence-corrected chi connectivity index (χ2v) is 11.5. The molecule has 0 aliphatic heterocycles. The van der Waals surface area contributed by atoms with Gasteiger partial charge in [0.05, 0.1) is 52.9 Å². The minimum atomic E-state index is 0.608. The maximum Gasteiger partial charge on any atom is 0.0701 e. The summed E-state index contributed by atoms with van der Waals surface area (Å²) in [5.41, 5.74) is 0. The molecule has 0 fully saturated rings. The zero-order valence-corrected chi connectivity index (χ0v) is 27.4. The molecule has 0 bridgehead atoms. The summed E-state index contributed by atoms with van der Waals surface area (Å²) >= 11 is 0. The van der Waals surface area contributed by atoms with Gasteiger partial charge >= 0.3 is 0 Å². The number of unbranched alkanes of at least 4 members (excludes halogenated alkanes) is 21. The van der Waals surface area contributed by atoms with Crippen molar-refractivity contribution >= 4 is 0 Å². The Bertz CT molecular complexity index is 383. The van der Waals surface area contributed by atoms with E-state index in [-0.39, 0.29) is 0 Å². The van der Waals surface area contributed by atoms with Crippen molar-refractivity contribution < 1.29 is 23.7 Å². The molecule has 0 saturated carbocycles. The van der Waals surface area contributed by atoms with Crippen molar-refractivity contribution in [2.45, 2.75) is 162 Å². The van der Waals surface area contributed by atoms with Crippen LogP contribution in [0.25, 0.3) is 0 Å². The second kappa shape index (κ2) is 38.8. The first-order valence-electron chi connectivity index (χ1n) is 17.8. The van der Waals surface area contributed by atoms with Crippen molar-refractivity contribution in [3.05, 3.63) is 0 Å². The van der Waals surface area contributed by atoms with E-state index in [1.807, 2.05) is 0 Å². The molecule has 0 N–H and O–H groups in total. The van der Waals surface area contributed by atoms with Crippen LogP contribution >= 0.6 is 0 Å². The van der Waals surface area contributed by atoms with Crippen LogP contribution < -0.4 is 0 Å². The molecule has 0 atom stereocenters. The summed E-state index contributed by atoms with van der Waals surface area (Å²) in [6.45, 7) is 11.4. The van der Waals surface area contributed by atoms with Gasteiger partial charge in [-0.15, -0.1) is 0 Å². The first-order chi connectivity index (χ1) is 19.9. The highest BCUT2D eigenvalue weighted by molar-refractivity contribution is 4.50. The summed E-state index contributed by atoms with van der Waals surface area (Å²) in [5, 5.41) is 0. The summed E-state index contributed by atoms with van der Waals surface area (Å²) in [6, 6.07) is 0. The van der Waals surface area contributed by atoms with Gasteiger partial charge in [-0.3, -0.25) is 0 Å². The Kier molecular flexibility index (Phi) is 38.6. The Balaban J connectivity index is 3.01. The molecule has 0 aliphatic carbocycles. The monoisotopic (exact) mass is 573 g/mol. The molecule has 5 heteroatoms. The fourth-order valence-electron chi connectivity index (χ4n) is 4.90. The maximum absolute atomic E-state index is 5.68.